The molecule has 0 aromatic carbocycles. The summed E-state index contributed by atoms with van der Waals surface area (Å²) in [6, 6.07) is 7.39. The Morgan fingerprint density at radius 3 is 2.64 bits per heavy atom. The number of carbonyl (C=O) groups excluding carboxylic acids is 2. The van der Waals surface area contributed by atoms with Crippen LogP contribution >= 0.6 is 34.3 Å². The number of ether oxygens (including phenoxy) is 1. The molecule has 2 N–H and O–H groups in total. The van der Waals surface area contributed by atoms with Crippen molar-refractivity contribution in [3.8, 4) is 0 Å². The summed E-state index contributed by atoms with van der Waals surface area (Å²) in [7, 11) is 1.54. The van der Waals surface area contributed by atoms with Gasteiger partial charge >= 0.3 is 11.8 Å². The normalized spacial score (nSPS) is 11.9. The fourth-order valence-corrected chi connectivity index (χ4v) is 3.51. The van der Waals surface area contributed by atoms with Crippen LogP contribution in [-0.4, -0.2) is 25.5 Å². The first-order valence-corrected chi connectivity index (χ1v) is 8.54. The highest BCUT2D eigenvalue weighted by Gasteiger charge is 2.18. The second-order valence-electron chi connectivity index (χ2n) is 4.34. The molecule has 2 aromatic rings. The van der Waals surface area contributed by atoms with Crippen molar-refractivity contribution in [1.29, 1.82) is 0 Å². The van der Waals surface area contributed by atoms with Gasteiger partial charge in [-0.05, 0) is 23.6 Å². The predicted octanol–water partition coefficient (Wildman–Crippen LogP) is 2.58. The van der Waals surface area contributed by atoms with Crippen molar-refractivity contribution >= 4 is 46.1 Å². The number of hydrogen-bond donors (Lipinski definition) is 2. The fourth-order valence-electron chi connectivity index (χ4n) is 1.73. The highest BCUT2D eigenvalue weighted by atomic mass is 35.5. The van der Waals surface area contributed by atoms with Crippen LogP contribution in [-0.2, 0) is 20.9 Å². The molecule has 22 heavy (non-hydrogen) atoms. The molecule has 0 spiro atoms. The molecule has 0 fully saturated rings. The van der Waals surface area contributed by atoms with Crippen molar-refractivity contribution in [3.05, 3.63) is 43.7 Å². The summed E-state index contributed by atoms with van der Waals surface area (Å²) < 4.78 is 5.96. The minimum Gasteiger partial charge on any atom is -0.374 e. The number of nitrogens with one attached hydrogen (secondary N) is 2. The second kappa shape index (κ2) is 8.28. The average Bonchev–Trinajstić information content (AvgIpc) is 3.17. The van der Waals surface area contributed by atoms with Crippen molar-refractivity contribution in [1.82, 2.24) is 10.6 Å². The topological polar surface area (TPSA) is 67.4 Å². The van der Waals surface area contributed by atoms with Crippen LogP contribution in [0.1, 0.15) is 15.9 Å². The third-order valence-electron chi connectivity index (χ3n) is 2.85. The second-order valence-corrected chi connectivity index (χ2v) is 7.12. The van der Waals surface area contributed by atoms with Crippen LogP contribution in [0.25, 0.3) is 0 Å². The molecule has 2 heterocycles. The van der Waals surface area contributed by atoms with Gasteiger partial charge in [-0.3, -0.25) is 9.59 Å². The summed E-state index contributed by atoms with van der Waals surface area (Å²) in [5, 5.41) is 7.05. The number of methoxy groups -OCH3 is 1. The molecule has 0 aliphatic rings. The van der Waals surface area contributed by atoms with Gasteiger partial charge in [-0.15, -0.1) is 22.7 Å². The first-order chi connectivity index (χ1) is 10.6. The number of rotatable bonds is 6. The number of hydrogen-bond acceptors (Lipinski definition) is 5. The zero-order valence-corrected chi connectivity index (χ0v) is 14.2. The van der Waals surface area contributed by atoms with Gasteiger partial charge in [-0.25, -0.2) is 0 Å². The lowest BCUT2D eigenvalue weighted by Crippen LogP contribution is -2.41. The number of amides is 2. The van der Waals surface area contributed by atoms with E-state index in [1.807, 2.05) is 23.6 Å². The molecule has 0 aliphatic carbocycles. The predicted molar refractivity (Wildman–Crippen MR) is 88.3 cm³/mol. The first-order valence-electron chi connectivity index (χ1n) is 6.46. The van der Waals surface area contributed by atoms with Crippen LogP contribution in [0.15, 0.2) is 29.6 Å². The first kappa shape index (κ1) is 17.0. The SMILES string of the molecule is COC(CNC(=O)C(=O)NCc1cccs1)c1ccc(Cl)s1. The third-order valence-corrected chi connectivity index (χ3v) is 5.05. The van der Waals surface area contributed by atoms with Gasteiger partial charge < -0.3 is 15.4 Å². The van der Waals surface area contributed by atoms with E-state index in [1.165, 1.54) is 22.7 Å². The molecule has 0 aliphatic heterocycles. The molecule has 2 aromatic heterocycles. The smallest absolute Gasteiger partial charge is 0.309 e. The van der Waals surface area contributed by atoms with Crippen LogP contribution in [0.4, 0.5) is 0 Å². The third kappa shape index (κ3) is 4.81. The maximum absolute atomic E-state index is 11.8. The Morgan fingerprint density at radius 1 is 1.27 bits per heavy atom. The van der Waals surface area contributed by atoms with E-state index < -0.39 is 11.8 Å². The van der Waals surface area contributed by atoms with Gasteiger partial charge in [0.05, 0.1) is 10.9 Å². The van der Waals surface area contributed by atoms with E-state index in [0.717, 1.165) is 9.75 Å². The van der Waals surface area contributed by atoms with Crippen LogP contribution in [0.3, 0.4) is 0 Å². The standard InChI is InChI=1S/C14H15ClN2O3S2/c1-20-10(11-4-5-12(15)22-11)8-17-14(19)13(18)16-7-9-3-2-6-21-9/h2-6,10H,7-8H2,1H3,(H,16,18)(H,17,19). The molecule has 0 radical (unpaired) electrons. The zero-order chi connectivity index (χ0) is 15.9. The minimum absolute atomic E-state index is 0.207. The molecule has 0 bridgehead atoms. The highest BCUT2D eigenvalue weighted by Crippen LogP contribution is 2.28. The monoisotopic (exact) mass is 358 g/mol. The fraction of sp³-hybridized carbons (Fsp3) is 0.286. The van der Waals surface area contributed by atoms with E-state index >= 15 is 0 Å². The Morgan fingerprint density at radius 2 is 2.05 bits per heavy atom. The number of thiophene rings is 2. The van der Waals surface area contributed by atoms with Crippen LogP contribution in [0, 0.1) is 0 Å². The molecule has 8 heteroatoms. The Labute approximate surface area is 141 Å². The Hall–Kier alpha value is -1.41. The molecule has 5 nitrogen and oxygen atoms in total. The summed E-state index contributed by atoms with van der Waals surface area (Å²) in [6.07, 6.45) is -0.327. The quantitative estimate of drug-likeness (QED) is 0.780. The summed E-state index contributed by atoms with van der Waals surface area (Å²) in [5.74, 6) is -1.34. The number of halogens is 1. The average molecular weight is 359 g/mol. The lowest BCUT2D eigenvalue weighted by Gasteiger charge is -2.14. The lowest BCUT2D eigenvalue weighted by molar-refractivity contribution is -0.139. The van der Waals surface area contributed by atoms with Gasteiger partial charge in [0.2, 0.25) is 0 Å². The van der Waals surface area contributed by atoms with Gasteiger partial charge in [0.15, 0.2) is 0 Å². The minimum atomic E-state index is -0.679. The van der Waals surface area contributed by atoms with E-state index in [2.05, 4.69) is 10.6 Å². The van der Waals surface area contributed by atoms with E-state index in [4.69, 9.17) is 16.3 Å². The Balaban J connectivity index is 1.79. The van der Waals surface area contributed by atoms with E-state index in [1.54, 1.807) is 13.2 Å². The largest absolute Gasteiger partial charge is 0.374 e. The zero-order valence-electron chi connectivity index (χ0n) is 11.8. The van der Waals surface area contributed by atoms with Gasteiger partial charge in [-0.2, -0.15) is 0 Å². The summed E-state index contributed by atoms with van der Waals surface area (Å²) in [5.41, 5.74) is 0. The lowest BCUT2D eigenvalue weighted by atomic mass is 10.3. The molecule has 1 atom stereocenters. The summed E-state index contributed by atoms with van der Waals surface area (Å²) in [4.78, 5) is 25.3. The van der Waals surface area contributed by atoms with Gasteiger partial charge in [0, 0.05) is 23.4 Å². The highest BCUT2D eigenvalue weighted by molar-refractivity contribution is 7.16. The molecular weight excluding hydrogens is 344 g/mol. The van der Waals surface area contributed by atoms with Crippen molar-refractivity contribution in [3.63, 3.8) is 0 Å². The van der Waals surface area contributed by atoms with Crippen molar-refractivity contribution < 1.29 is 14.3 Å². The molecular formula is C14H15ClN2O3S2. The van der Waals surface area contributed by atoms with Crippen LogP contribution < -0.4 is 10.6 Å². The van der Waals surface area contributed by atoms with Gasteiger partial charge in [-0.1, -0.05) is 17.7 Å². The Kier molecular flexibility index (Phi) is 6.38. The van der Waals surface area contributed by atoms with E-state index in [9.17, 15) is 9.59 Å². The molecule has 2 rings (SSSR count). The Bertz CT molecular complexity index is 628. The maximum Gasteiger partial charge on any atom is 0.309 e. The summed E-state index contributed by atoms with van der Waals surface area (Å²) in [6.45, 7) is 0.552. The van der Waals surface area contributed by atoms with Crippen molar-refractivity contribution in [2.24, 2.45) is 0 Å². The van der Waals surface area contributed by atoms with E-state index in [0.29, 0.717) is 10.9 Å². The van der Waals surface area contributed by atoms with Crippen molar-refractivity contribution in [2.45, 2.75) is 12.6 Å². The maximum atomic E-state index is 11.8. The molecule has 1 unspecified atom stereocenters. The van der Waals surface area contributed by atoms with Crippen LogP contribution in [0.2, 0.25) is 4.34 Å². The molecule has 118 valence electrons. The van der Waals surface area contributed by atoms with Crippen LogP contribution in [0.5, 0.6) is 0 Å². The summed E-state index contributed by atoms with van der Waals surface area (Å²) >= 11 is 8.78. The van der Waals surface area contributed by atoms with Gasteiger partial charge in [0.25, 0.3) is 0 Å². The molecule has 2 amide bonds. The molecule has 0 saturated carbocycles. The van der Waals surface area contributed by atoms with E-state index in [-0.39, 0.29) is 12.6 Å². The number of carbonyl (C=O) groups is 2. The van der Waals surface area contributed by atoms with Gasteiger partial charge in [0.1, 0.15) is 6.10 Å². The molecule has 0 saturated heterocycles. The van der Waals surface area contributed by atoms with Crippen molar-refractivity contribution in [2.75, 3.05) is 13.7 Å².